The van der Waals surface area contributed by atoms with E-state index in [1.807, 2.05) is 19.2 Å². The van der Waals surface area contributed by atoms with Gasteiger partial charge in [0.25, 0.3) is 0 Å². The lowest BCUT2D eigenvalue weighted by molar-refractivity contribution is -0.120. The highest BCUT2D eigenvalue weighted by Gasteiger charge is 2.34. The SMILES string of the molecule is COc1cc(CCC(=O)C[C@H]2c3c(cc4c(c3OC)OCO4)CCN2C)ccc1O. The van der Waals surface area contributed by atoms with Gasteiger partial charge in [-0.1, -0.05) is 6.07 Å². The molecular weight excluding hydrogens is 386 g/mol. The van der Waals surface area contributed by atoms with Crippen molar-refractivity contribution < 1.29 is 28.8 Å². The molecule has 0 aromatic heterocycles. The number of likely N-dealkylation sites (N-methyl/N-ethyl adjacent to an activating group) is 1. The number of rotatable bonds is 7. The standard InChI is InChI=1S/C23H27NO6/c1-24-9-8-15-11-20-22(30-13-29-20)23(28-3)21(15)17(24)12-16(25)6-4-14-5-7-18(26)19(10-14)27-2/h5,7,10-11,17,26H,4,6,8-9,12-13H2,1-3H3/t17-/m0/s1. The normalized spacial score (nSPS) is 17.5. The predicted octanol–water partition coefficient (Wildman–Crippen LogP) is 3.26. The van der Waals surface area contributed by atoms with E-state index in [0.717, 1.165) is 29.7 Å². The van der Waals surface area contributed by atoms with Gasteiger partial charge in [-0.15, -0.1) is 0 Å². The molecule has 160 valence electrons. The summed E-state index contributed by atoms with van der Waals surface area (Å²) in [5.41, 5.74) is 3.13. The minimum absolute atomic E-state index is 0.0694. The lowest BCUT2D eigenvalue weighted by Gasteiger charge is -2.35. The van der Waals surface area contributed by atoms with E-state index < -0.39 is 0 Å². The fourth-order valence-corrected chi connectivity index (χ4v) is 4.26. The summed E-state index contributed by atoms with van der Waals surface area (Å²) in [6.07, 6.45) is 2.28. The van der Waals surface area contributed by atoms with Crippen LogP contribution in [0, 0.1) is 0 Å². The van der Waals surface area contributed by atoms with Crippen LogP contribution in [0.4, 0.5) is 0 Å². The van der Waals surface area contributed by atoms with Gasteiger partial charge < -0.3 is 24.1 Å². The molecule has 0 saturated heterocycles. The van der Waals surface area contributed by atoms with Gasteiger partial charge in [0.2, 0.25) is 12.5 Å². The van der Waals surface area contributed by atoms with Crippen molar-refractivity contribution in [2.24, 2.45) is 0 Å². The molecule has 0 saturated carbocycles. The zero-order valence-electron chi connectivity index (χ0n) is 17.6. The molecule has 1 atom stereocenters. The topological polar surface area (TPSA) is 77.5 Å². The van der Waals surface area contributed by atoms with Gasteiger partial charge in [-0.05, 0) is 49.2 Å². The van der Waals surface area contributed by atoms with Gasteiger partial charge in [0.1, 0.15) is 5.78 Å². The van der Waals surface area contributed by atoms with E-state index in [2.05, 4.69) is 4.90 Å². The van der Waals surface area contributed by atoms with E-state index in [1.165, 1.54) is 7.11 Å². The molecular formula is C23H27NO6. The van der Waals surface area contributed by atoms with Crippen LogP contribution in [0.2, 0.25) is 0 Å². The first-order valence-electron chi connectivity index (χ1n) is 10.1. The molecule has 0 radical (unpaired) electrons. The molecule has 0 amide bonds. The Kier molecular flexibility index (Phi) is 5.72. The molecule has 0 fully saturated rings. The number of phenolic OH excluding ortho intramolecular Hbond substituents is 1. The molecule has 0 aliphatic carbocycles. The Labute approximate surface area is 176 Å². The van der Waals surface area contributed by atoms with Crippen molar-refractivity contribution in [1.29, 1.82) is 0 Å². The Balaban J connectivity index is 1.52. The predicted molar refractivity (Wildman–Crippen MR) is 111 cm³/mol. The second kappa shape index (κ2) is 8.44. The fraction of sp³-hybridized carbons (Fsp3) is 0.435. The van der Waals surface area contributed by atoms with Crippen LogP contribution in [-0.2, 0) is 17.6 Å². The molecule has 30 heavy (non-hydrogen) atoms. The lowest BCUT2D eigenvalue weighted by Crippen LogP contribution is -2.34. The minimum atomic E-state index is -0.0694. The molecule has 0 bridgehead atoms. The van der Waals surface area contributed by atoms with Gasteiger partial charge in [-0.25, -0.2) is 0 Å². The van der Waals surface area contributed by atoms with Crippen LogP contribution in [0.3, 0.4) is 0 Å². The molecule has 4 rings (SSSR count). The summed E-state index contributed by atoms with van der Waals surface area (Å²) < 4.78 is 22.0. The summed E-state index contributed by atoms with van der Waals surface area (Å²) in [6, 6.07) is 7.13. The maximum atomic E-state index is 12.9. The van der Waals surface area contributed by atoms with Gasteiger partial charge >= 0.3 is 0 Å². The zero-order valence-corrected chi connectivity index (χ0v) is 17.6. The number of Topliss-reactive ketones (excluding diaryl/α,β-unsaturated/α-hetero) is 1. The van der Waals surface area contributed by atoms with Gasteiger partial charge in [0.05, 0.1) is 14.2 Å². The monoisotopic (exact) mass is 413 g/mol. The molecule has 2 aliphatic heterocycles. The largest absolute Gasteiger partial charge is 0.504 e. The Morgan fingerprint density at radius 1 is 1.23 bits per heavy atom. The first-order valence-corrected chi connectivity index (χ1v) is 10.1. The average molecular weight is 413 g/mol. The van der Waals surface area contributed by atoms with E-state index in [-0.39, 0.29) is 24.4 Å². The number of ether oxygens (including phenoxy) is 4. The quantitative estimate of drug-likeness (QED) is 0.747. The fourth-order valence-electron chi connectivity index (χ4n) is 4.26. The molecule has 7 heteroatoms. The molecule has 2 aliphatic rings. The third kappa shape index (κ3) is 3.77. The molecule has 2 heterocycles. The van der Waals surface area contributed by atoms with E-state index >= 15 is 0 Å². The molecule has 0 spiro atoms. The number of phenols is 1. The van der Waals surface area contributed by atoms with Gasteiger partial charge in [0, 0.05) is 31.0 Å². The molecule has 2 aromatic carbocycles. The van der Waals surface area contributed by atoms with Crippen LogP contribution in [0.5, 0.6) is 28.7 Å². The maximum absolute atomic E-state index is 12.9. The molecule has 0 unspecified atom stereocenters. The Hall–Kier alpha value is -2.93. The number of ketones is 1. The summed E-state index contributed by atoms with van der Waals surface area (Å²) in [7, 11) is 5.18. The number of carbonyl (C=O) groups is 1. The summed E-state index contributed by atoms with van der Waals surface area (Å²) in [4.78, 5) is 15.1. The van der Waals surface area contributed by atoms with Crippen LogP contribution in [-0.4, -0.2) is 50.4 Å². The minimum Gasteiger partial charge on any atom is -0.504 e. The first kappa shape index (κ1) is 20.3. The number of methoxy groups -OCH3 is 2. The van der Waals surface area contributed by atoms with E-state index in [0.29, 0.717) is 42.3 Å². The van der Waals surface area contributed by atoms with Gasteiger partial charge in [0.15, 0.2) is 23.0 Å². The van der Waals surface area contributed by atoms with E-state index in [1.54, 1.807) is 19.2 Å². The van der Waals surface area contributed by atoms with Crippen molar-refractivity contribution in [3.63, 3.8) is 0 Å². The van der Waals surface area contributed by atoms with Crippen LogP contribution < -0.4 is 18.9 Å². The molecule has 2 aromatic rings. The molecule has 1 N–H and O–H groups in total. The molecule has 7 nitrogen and oxygen atoms in total. The van der Waals surface area contributed by atoms with E-state index in [9.17, 15) is 9.90 Å². The smallest absolute Gasteiger partial charge is 0.231 e. The van der Waals surface area contributed by atoms with Gasteiger partial charge in [-0.3, -0.25) is 9.69 Å². The van der Waals surface area contributed by atoms with E-state index in [4.69, 9.17) is 18.9 Å². The van der Waals surface area contributed by atoms with Gasteiger partial charge in [-0.2, -0.15) is 0 Å². The second-order valence-corrected chi connectivity index (χ2v) is 7.71. The number of hydrogen-bond acceptors (Lipinski definition) is 7. The van der Waals surface area contributed by atoms with Crippen LogP contribution >= 0.6 is 0 Å². The number of hydrogen-bond donors (Lipinski definition) is 1. The third-order valence-corrected chi connectivity index (χ3v) is 5.90. The van der Waals surface area contributed by atoms with Crippen LogP contribution in [0.1, 0.15) is 35.6 Å². The van der Waals surface area contributed by atoms with Crippen LogP contribution in [0.15, 0.2) is 24.3 Å². The summed E-state index contributed by atoms with van der Waals surface area (Å²) >= 11 is 0. The van der Waals surface area contributed by atoms with Crippen molar-refractivity contribution in [2.45, 2.75) is 31.7 Å². The Morgan fingerprint density at radius 2 is 2.07 bits per heavy atom. The zero-order chi connectivity index (χ0) is 21.3. The third-order valence-electron chi connectivity index (χ3n) is 5.90. The Bertz CT molecular complexity index is 957. The lowest BCUT2D eigenvalue weighted by atomic mass is 9.87. The summed E-state index contributed by atoms with van der Waals surface area (Å²) in [6.45, 7) is 1.05. The number of fused-ring (bicyclic) bond motifs is 2. The number of nitrogens with zero attached hydrogens (tertiary/aromatic N) is 1. The highest BCUT2D eigenvalue weighted by atomic mass is 16.7. The number of aryl methyl sites for hydroxylation is 1. The van der Waals surface area contributed by atoms with Crippen molar-refractivity contribution in [3.05, 3.63) is 41.0 Å². The van der Waals surface area contributed by atoms with Crippen molar-refractivity contribution in [3.8, 4) is 28.7 Å². The highest BCUT2D eigenvalue weighted by molar-refractivity contribution is 5.80. The summed E-state index contributed by atoms with van der Waals surface area (Å²) in [5.74, 6) is 2.70. The second-order valence-electron chi connectivity index (χ2n) is 7.71. The first-order chi connectivity index (χ1) is 14.5. The van der Waals surface area contributed by atoms with Crippen molar-refractivity contribution >= 4 is 5.78 Å². The Morgan fingerprint density at radius 3 is 2.83 bits per heavy atom. The number of carbonyl (C=O) groups excluding carboxylic acids is 1. The maximum Gasteiger partial charge on any atom is 0.231 e. The highest BCUT2D eigenvalue weighted by Crippen LogP contribution is 2.50. The summed E-state index contributed by atoms with van der Waals surface area (Å²) in [5, 5.41) is 9.74. The van der Waals surface area contributed by atoms with Crippen LogP contribution in [0.25, 0.3) is 0 Å². The number of aromatic hydroxyl groups is 1. The van der Waals surface area contributed by atoms with Crippen molar-refractivity contribution in [2.75, 3.05) is 34.6 Å². The number of benzene rings is 2. The van der Waals surface area contributed by atoms with Crippen molar-refractivity contribution in [1.82, 2.24) is 4.90 Å². The average Bonchev–Trinajstić information content (AvgIpc) is 3.22.